The molecule has 2 heterocycles. The topological polar surface area (TPSA) is 117 Å². The average molecular weight is 569 g/mol. The third kappa shape index (κ3) is 5.98. The van der Waals surface area contributed by atoms with Crippen LogP contribution in [0.1, 0.15) is 16.7 Å². The number of carbonyl (C=O) groups excluding carboxylic acids is 1. The summed E-state index contributed by atoms with van der Waals surface area (Å²) < 4.78 is 36.5. The van der Waals surface area contributed by atoms with Crippen LogP contribution in [0.5, 0.6) is 11.5 Å². The van der Waals surface area contributed by atoms with Crippen LogP contribution in [0.4, 0.5) is 0 Å². The van der Waals surface area contributed by atoms with Crippen LogP contribution in [0.25, 0.3) is 22.0 Å². The molecule has 41 heavy (non-hydrogen) atoms. The number of aromatic amines is 1. The summed E-state index contributed by atoms with van der Waals surface area (Å²) in [5.41, 5.74) is 3.17. The van der Waals surface area contributed by atoms with Crippen molar-refractivity contribution in [1.29, 1.82) is 0 Å². The number of hydrogen-bond acceptors (Lipinski definition) is 8. The van der Waals surface area contributed by atoms with E-state index in [4.69, 9.17) is 18.5 Å². The standard InChI is InChI=1S/C31H25N2O7P/c34-28(20-41(36,38-18-21-8-3-1-4-9-21)39-19-22-10-5-2-6-11-22)37-17-23-14-15-26-25(16-23)30-29-24(31(35)33-32-30)12-7-13-27(29)40-26/h1-16H,17-20H2,(H,33,35). The summed E-state index contributed by atoms with van der Waals surface area (Å²) >= 11 is 0. The van der Waals surface area contributed by atoms with Gasteiger partial charge in [-0.3, -0.25) is 14.2 Å². The molecule has 9 nitrogen and oxygen atoms in total. The maximum Gasteiger partial charge on any atom is 0.342 e. The maximum absolute atomic E-state index is 13.6. The predicted octanol–water partition coefficient (Wildman–Crippen LogP) is 6.37. The molecule has 6 rings (SSSR count). The second kappa shape index (κ2) is 11.5. The summed E-state index contributed by atoms with van der Waals surface area (Å²) in [6.45, 7) is -0.0438. The van der Waals surface area contributed by atoms with Crippen molar-refractivity contribution in [2.24, 2.45) is 0 Å². The molecule has 10 heteroatoms. The number of aromatic nitrogens is 2. The highest BCUT2D eigenvalue weighted by atomic mass is 31.2. The maximum atomic E-state index is 13.6. The fourth-order valence-electron chi connectivity index (χ4n) is 4.52. The minimum Gasteiger partial charge on any atom is -0.460 e. The SMILES string of the molecule is O=C(CP(=O)(OCc1ccccc1)OCc1ccccc1)OCc1ccc2c(c1)-c1n[nH]c(=O)c3cccc(c13)O2. The number of carbonyl (C=O) groups is 1. The Morgan fingerprint density at radius 2 is 1.46 bits per heavy atom. The van der Waals surface area contributed by atoms with Gasteiger partial charge in [-0.2, -0.15) is 5.10 Å². The van der Waals surface area contributed by atoms with Crippen LogP contribution in [0.15, 0.2) is 102 Å². The lowest BCUT2D eigenvalue weighted by atomic mass is 9.99. The van der Waals surface area contributed by atoms with Gasteiger partial charge in [0, 0.05) is 5.56 Å². The molecule has 5 aromatic rings. The first-order valence-corrected chi connectivity index (χ1v) is 14.6. The van der Waals surface area contributed by atoms with Crippen molar-refractivity contribution in [3.63, 3.8) is 0 Å². The molecule has 1 aromatic heterocycles. The number of nitrogens with one attached hydrogen (secondary N) is 1. The van der Waals surface area contributed by atoms with Gasteiger partial charge in [-0.1, -0.05) is 72.8 Å². The van der Waals surface area contributed by atoms with Gasteiger partial charge in [-0.15, -0.1) is 0 Å². The monoisotopic (exact) mass is 568 g/mol. The van der Waals surface area contributed by atoms with E-state index in [1.54, 1.807) is 36.4 Å². The number of rotatable bonds is 10. The minimum atomic E-state index is -3.86. The van der Waals surface area contributed by atoms with Gasteiger partial charge in [0.15, 0.2) is 0 Å². The number of fused-ring (bicyclic) bond motifs is 2. The highest BCUT2D eigenvalue weighted by Crippen LogP contribution is 2.50. The first-order valence-electron chi connectivity index (χ1n) is 12.9. The zero-order chi connectivity index (χ0) is 28.2. The third-order valence-corrected chi connectivity index (χ3v) is 8.25. The fraction of sp³-hybridized carbons (Fsp3) is 0.129. The molecule has 1 aliphatic heterocycles. The zero-order valence-corrected chi connectivity index (χ0v) is 22.7. The van der Waals surface area contributed by atoms with E-state index < -0.39 is 19.7 Å². The van der Waals surface area contributed by atoms with Gasteiger partial charge in [0.2, 0.25) is 0 Å². The number of hydrogen-bond donors (Lipinski definition) is 1. The Bertz CT molecular complexity index is 1780. The Morgan fingerprint density at radius 1 is 0.780 bits per heavy atom. The van der Waals surface area contributed by atoms with Gasteiger partial charge < -0.3 is 18.5 Å². The van der Waals surface area contributed by atoms with Crippen molar-refractivity contribution in [3.05, 3.63) is 124 Å². The molecular formula is C31H25N2O7P. The van der Waals surface area contributed by atoms with Gasteiger partial charge >= 0.3 is 13.6 Å². The van der Waals surface area contributed by atoms with Crippen LogP contribution in [0.2, 0.25) is 0 Å². The van der Waals surface area contributed by atoms with Crippen molar-refractivity contribution in [2.45, 2.75) is 19.8 Å². The number of H-pyrrole nitrogens is 1. The summed E-state index contributed by atoms with van der Waals surface area (Å²) in [5, 5.41) is 7.88. The van der Waals surface area contributed by atoms with Gasteiger partial charge in [0.05, 0.1) is 24.0 Å². The molecule has 206 valence electrons. The van der Waals surface area contributed by atoms with Crippen LogP contribution >= 0.6 is 7.60 Å². The molecule has 0 saturated heterocycles. The average Bonchev–Trinajstić information content (AvgIpc) is 3.00. The van der Waals surface area contributed by atoms with E-state index in [0.29, 0.717) is 39.1 Å². The number of ether oxygens (including phenoxy) is 2. The first-order chi connectivity index (χ1) is 20.0. The van der Waals surface area contributed by atoms with Gasteiger partial charge in [0.1, 0.15) is 30.0 Å². The van der Waals surface area contributed by atoms with Crippen molar-refractivity contribution >= 4 is 24.3 Å². The van der Waals surface area contributed by atoms with E-state index in [1.807, 2.05) is 60.7 Å². The molecule has 0 spiro atoms. The quantitative estimate of drug-likeness (QED) is 0.150. The summed E-state index contributed by atoms with van der Waals surface area (Å²) in [7, 11) is -3.86. The molecule has 0 radical (unpaired) electrons. The van der Waals surface area contributed by atoms with E-state index in [0.717, 1.165) is 11.1 Å². The summed E-state index contributed by atoms with van der Waals surface area (Å²) in [6, 6.07) is 29.0. The van der Waals surface area contributed by atoms with E-state index in [9.17, 15) is 14.2 Å². The summed E-state index contributed by atoms with van der Waals surface area (Å²) in [5.74, 6) is 0.385. The van der Waals surface area contributed by atoms with E-state index in [-0.39, 0.29) is 25.4 Å². The fourth-order valence-corrected chi connectivity index (χ4v) is 5.87. The highest BCUT2D eigenvalue weighted by molar-refractivity contribution is 7.54. The van der Waals surface area contributed by atoms with Crippen molar-refractivity contribution < 1.29 is 27.9 Å². The van der Waals surface area contributed by atoms with Crippen molar-refractivity contribution in [2.75, 3.05) is 6.16 Å². The molecule has 1 aliphatic rings. The van der Waals surface area contributed by atoms with Crippen LogP contribution < -0.4 is 10.3 Å². The van der Waals surface area contributed by atoms with Crippen LogP contribution in [0.3, 0.4) is 0 Å². The molecule has 0 atom stereocenters. The number of benzene rings is 4. The second-order valence-corrected chi connectivity index (χ2v) is 11.5. The summed E-state index contributed by atoms with van der Waals surface area (Å²) in [6.07, 6.45) is -0.545. The minimum absolute atomic E-state index is 0.0210. The molecule has 0 saturated carbocycles. The Morgan fingerprint density at radius 3 is 2.15 bits per heavy atom. The van der Waals surface area contributed by atoms with Gasteiger partial charge in [-0.25, -0.2) is 5.10 Å². The Labute approximate surface area is 235 Å². The molecule has 0 bridgehead atoms. The smallest absolute Gasteiger partial charge is 0.342 e. The highest BCUT2D eigenvalue weighted by Gasteiger charge is 2.30. The van der Waals surface area contributed by atoms with Crippen LogP contribution in [-0.2, 0) is 43.0 Å². The molecule has 0 amide bonds. The number of nitrogens with zero attached hydrogens (tertiary/aromatic N) is 1. The van der Waals surface area contributed by atoms with E-state index in [2.05, 4.69) is 10.2 Å². The molecule has 0 aliphatic carbocycles. The van der Waals surface area contributed by atoms with E-state index in [1.165, 1.54) is 0 Å². The zero-order valence-electron chi connectivity index (χ0n) is 21.8. The molecule has 4 aromatic carbocycles. The van der Waals surface area contributed by atoms with Gasteiger partial charge in [-0.05, 0) is 41.0 Å². The summed E-state index contributed by atoms with van der Waals surface area (Å²) in [4.78, 5) is 25.1. The lowest BCUT2D eigenvalue weighted by Crippen LogP contribution is -2.14. The van der Waals surface area contributed by atoms with Crippen LogP contribution in [0, 0.1) is 0 Å². The van der Waals surface area contributed by atoms with Crippen molar-refractivity contribution in [3.8, 4) is 22.8 Å². The second-order valence-electron chi connectivity index (χ2n) is 9.46. The van der Waals surface area contributed by atoms with Gasteiger partial charge in [0.25, 0.3) is 5.56 Å². The molecule has 0 fully saturated rings. The largest absolute Gasteiger partial charge is 0.460 e. The lowest BCUT2D eigenvalue weighted by Gasteiger charge is -2.20. The molecule has 1 N–H and O–H groups in total. The van der Waals surface area contributed by atoms with Crippen LogP contribution in [-0.4, -0.2) is 22.3 Å². The Balaban J connectivity index is 1.16. The normalized spacial score (nSPS) is 12.0. The third-order valence-electron chi connectivity index (χ3n) is 6.56. The lowest BCUT2D eigenvalue weighted by molar-refractivity contribution is -0.142. The predicted molar refractivity (Wildman–Crippen MR) is 153 cm³/mol. The molecular weight excluding hydrogens is 543 g/mol. The first kappa shape index (κ1) is 26.7. The van der Waals surface area contributed by atoms with Crippen molar-refractivity contribution in [1.82, 2.24) is 10.2 Å². The van der Waals surface area contributed by atoms with E-state index >= 15 is 0 Å². The Kier molecular flexibility index (Phi) is 7.48. The number of esters is 1. The molecule has 0 unspecified atom stereocenters. The Hall–Kier alpha value is -4.56.